The van der Waals surface area contributed by atoms with Crippen molar-refractivity contribution in [1.29, 1.82) is 0 Å². The maximum Gasteiger partial charge on any atom is 0.144 e. The van der Waals surface area contributed by atoms with Crippen molar-refractivity contribution in [2.75, 3.05) is 0 Å². The molecule has 2 aromatic heterocycles. The summed E-state index contributed by atoms with van der Waals surface area (Å²) in [6.45, 7) is 5.76. The number of hydrogen-bond acceptors (Lipinski definition) is 2. The van der Waals surface area contributed by atoms with Crippen LogP contribution in [0.1, 0.15) is 29.1 Å². The SMILES string of the molecule is [2H]C([2H])(c1ccnc(-c2cccc3c2oc2c3ccc3c4ccccc4ccc32)c1)C(C)(C)C. The summed E-state index contributed by atoms with van der Waals surface area (Å²) in [6, 6.07) is 26.7. The van der Waals surface area contributed by atoms with Gasteiger partial charge in [-0.3, -0.25) is 4.98 Å². The molecule has 0 spiro atoms. The van der Waals surface area contributed by atoms with Crippen molar-refractivity contribution >= 4 is 43.5 Å². The van der Waals surface area contributed by atoms with Crippen molar-refractivity contribution in [1.82, 2.24) is 4.98 Å². The first kappa shape index (κ1) is 17.0. The Morgan fingerprint density at radius 3 is 2.34 bits per heavy atom. The average Bonchev–Trinajstić information content (AvgIpc) is 3.22. The standard InChI is InChI=1S/C30H25NO/c1-30(2,3)18-19-15-16-31-27(17-19)26-10-6-9-23-25-14-13-22-21-8-5-4-7-20(21)11-12-24(22)28(25)32-29(23)26/h4-17H,18H2,1-3H3/i18D2. The van der Waals surface area contributed by atoms with Gasteiger partial charge in [0.2, 0.25) is 0 Å². The zero-order valence-electron chi connectivity index (χ0n) is 20.4. The van der Waals surface area contributed by atoms with Gasteiger partial charge in [0.1, 0.15) is 11.2 Å². The fourth-order valence-electron chi connectivity index (χ4n) is 4.63. The molecule has 32 heavy (non-hydrogen) atoms. The molecule has 6 rings (SSSR count). The van der Waals surface area contributed by atoms with Gasteiger partial charge in [-0.15, -0.1) is 0 Å². The van der Waals surface area contributed by atoms with Crippen LogP contribution in [0.3, 0.4) is 0 Å². The molecule has 0 aliphatic rings. The van der Waals surface area contributed by atoms with E-state index in [2.05, 4.69) is 59.6 Å². The third-order valence-electron chi connectivity index (χ3n) is 5.94. The molecule has 2 nitrogen and oxygen atoms in total. The van der Waals surface area contributed by atoms with Crippen LogP contribution >= 0.6 is 0 Å². The molecular weight excluding hydrogens is 390 g/mol. The predicted octanol–water partition coefficient (Wildman–Crippen LogP) is 8.54. The van der Waals surface area contributed by atoms with Crippen LogP contribution in [0.25, 0.3) is 54.7 Å². The number of nitrogens with zero attached hydrogens (tertiary/aromatic N) is 1. The molecule has 0 radical (unpaired) electrons. The number of pyridine rings is 1. The van der Waals surface area contributed by atoms with Gasteiger partial charge < -0.3 is 4.42 Å². The van der Waals surface area contributed by atoms with E-state index in [1.165, 1.54) is 16.2 Å². The summed E-state index contributed by atoms with van der Waals surface area (Å²) >= 11 is 0. The number of furan rings is 1. The van der Waals surface area contributed by atoms with Gasteiger partial charge in [-0.1, -0.05) is 69.3 Å². The lowest BCUT2D eigenvalue weighted by molar-refractivity contribution is 0.411. The smallest absolute Gasteiger partial charge is 0.144 e. The molecule has 0 atom stereocenters. The minimum Gasteiger partial charge on any atom is -0.455 e. The predicted molar refractivity (Wildman–Crippen MR) is 135 cm³/mol. The number of aromatic nitrogens is 1. The second-order valence-electron chi connectivity index (χ2n) is 9.41. The zero-order valence-corrected chi connectivity index (χ0v) is 18.4. The van der Waals surface area contributed by atoms with Crippen LogP contribution in [-0.2, 0) is 6.37 Å². The summed E-state index contributed by atoms with van der Waals surface area (Å²) in [5, 5.41) is 6.78. The van der Waals surface area contributed by atoms with Gasteiger partial charge in [-0.2, -0.15) is 0 Å². The molecule has 0 aliphatic heterocycles. The lowest BCUT2D eigenvalue weighted by atomic mass is 9.88. The summed E-state index contributed by atoms with van der Waals surface area (Å²) in [5.74, 6) is 0. The minimum atomic E-state index is -1.50. The number of fused-ring (bicyclic) bond motifs is 7. The minimum absolute atomic E-state index is 0.543. The maximum atomic E-state index is 8.70. The quantitative estimate of drug-likeness (QED) is 0.264. The van der Waals surface area contributed by atoms with E-state index in [1.54, 1.807) is 12.3 Å². The maximum absolute atomic E-state index is 8.70. The lowest BCUT2D eigenvalue weighted by Crippen LogP contribution is -2.09. The van der Waals surface area contributed by atoms with Gasteiger partial charge in [-0.05, 0) is 63.8 Å². The highest BCUT2D eigenvalue weighted by Gasteiger charge is 2.17. The van der Waals surface area contributed by atoms with Crippen LogP contribution < -0.4 is 0 Å². The molecule has 2 heterocycles. The molecular formula is C30H25NO. The van der Waals surface area contributed by atoms with Crippen molar-refractivity contribution in [3.05, 3.63) is 90.6 Å². The third-order valence-corrected chi connectivity index (χ3v) is 5.94. The molecule has 0 amide bonds. The van der Waals surface area contributed by atoms with E-state index in [0.717, 1.165) is 32.9 Å². The van der Waals surface area contributed by atoms with Crippen molar-refractivity contribution in [2.24, 2.45) is 5.41 Å². The molecule has 0 aliphatic carbocycles. The summed E-state index contributed by atoms with van der Waals surface area (Å²) in [7, 11) is 0. The van der Waals surface area contributed by atoms with Crippen molar-refractivity contribution in [3.8, 4) is 11.3 Å². The lowest BCUT2D eigenvalue weighted by Gasteiger charge is -2.18. The second-order valence-corrected chi connectivity index (χ2v) is 9.41. The fourth-order valence-corrected chi connectivity index (χ4v) is 4.63. The molecule has 2 heteroatoms. The Bertz CT molecular complexity index is 1720. The molecule has 0 N–H and O–H groups in total. The Morgan fingerprint density at radius 2 is 1.47 bits per heavy atom. The molecule has 156 valence electrons. The summed E-state index contributed by atoms with van der Waals surface area (Å²) in [6.07, 6.45) is 0.195. The number of benzene rings is 4. The first-order chi connectivity index (χ1) is 16.3. The van der Waals surface area contributed by atoms with E-state index in [-0.39, 0.29) is 0 Å². The van der Waals surface area contributed by atoms with Gasteiger partial charge in [0, 0.05) is 30.7 Å². The van der Waals surface area contributed by atoms with Crippen LogP contribution in [0.5, 0.6) is 0 Å². The Hall–Kier alpha value is -3.65. The molecule has 0 saturated heterocycles. The normalized spacial score (nSPS) is 13.7. The van der Waals surface area contributed by atoms with Crippen molar-refractivity contribution < 1.29 is 7.16 Å². The highest BCUT2D eigenvalue weighted by molar-refractivity contribution is 6.21. The van der Waals surface area contributed by atoms with Crippen LogP contribution in [0.15, 0.2) is 89.5 Å². The van der Waals surface area contributed by atoms with Crippen LogP contribution in [-0.4, -0.2) is 4.98 Å². The molecule has 0 fully saturated rings. The second kappa shape index (κ2) is 6.93. The third kappa shape index (κ3) is 3.06. The number of para-hydroxylation sites is 1. The Balaban J connectivity index is 1.61. The molecule has 6 aromatic rings. The van der Waals surface area contributed by atoms with Crippen LogP contribution in [0, 0.1) is 5.41 Å². The monoisotopic (exact) mass is 417 g/mol. The van der Waals surface area contributed by atoms with Crippen molar-refractivity contribution in [3.63, 3.8) is 0 Å². The first-order valence-corrected chi connectivity index (χ1v) is 11.0. The van der Waals surface area contributed by atoms with E-state index in [9.17, 15) is 0 Å². The highest BCUT2D eigenvalue weighted by atomic mass is 16.3. The Kier molecular flexibility index (Phi) is 3.67. The van der Waals surface area contributed by atoms with Gasteiger partial charge >= 0.3 is 0 Å². The molecule has 0 bridgehead atoms. The van der Waals surface area contributed by atoms with E-state index in [1.807, 2.05) is 39.0 Å². The number of hydrogen-bond donors (Lipinski definition) is 0. The summed E-state index contributed by atoms with van der Waals surface area (Å²) in [5.41, 5.74) is 3.30. The fraction of sp³-hybridized carbons (Fsp3) is 0.167. The summed E-state index contributed by atoms with van der Waals surface area (Å²) in [4.78, 5) is 4.60. The Labute approximate surface area is 190 Å². The first-order valence-electron chi connectivity index (χ1n) is 12.0. The summed E-state index contributed by atoms with van der Waals surface area (Å²) < 4.78 is 24.0. The van der Waals surface area contributed by atoms with E-state index < -0.39 is 11.8 Å². The highest BCUT2D eigenvalue weighted by Crippen LogP contribution is 2.40. The van der Waals surface area contributed by atoms with Gasteiger partial charge in [0.15, 0.2) is 0 Å². The van der Waals surface area contributed by atoms with Crippen molar-refractivity contribution in [2.45, 2.75) is 27.1 Å². The Morgan fingerprint density at radius 1 is 0.750 bits per heavy atom. The van der Waals surface area contributed by atoms with Crippen LogP contribution in [0.4, 0.5) is 0 Å². The average molecular weight is 418 g/mol. The van der Waals surface area contributed by atoms with Gasteiger partial charge in [0.25, 0.3) is 0 Å². The molecule has 0 unspecified atom stereocenters. The van der Waals surface area contributed by atoms with E-state index in [4.69, 9.17) is 7.16 Å². The zero-order chi connectivity index (χ0) is 23.7. The van der Waals surface area contributed by atoms with Gasteiger partial charge in [0.05, 0.1) is 5.69 Å². The largest absolute Gasteiger partial charge is 0.455 e. The number of rotatable bonds is 2. The van der Waals surface area contributed by atoms with Crippen LogP contribution in [0.2, 0.25) is 0 Å². The van der Waals surface area contributed by atoms with Gasteiger partial charge in [-0.25, -0.2) is 0 Å². The van der Waals surface area contributed by atoms with E-state index >= 15 is 0 Å². The molecule has 0 saturated carbocycles. The topological polar surface area (TPSA) is 26.0 Å². The van der Waals surface area contributed by atoms with E-state index in [0.29, 0.717) is 11.3 Å². The molecule has 4 aromatic carbocycles.